The van der Waals surface area contributed by atoms with E-state index in [0.29, 0.717) is 6.42 Å². The maximum atomic E-state index is 11.0. The Balaban J connectivity index is 2.04. The lowest BCUT2D eigenvalue weighted by Crippen LogP contribution is -2.37. The van der Waals surface area contributed by atoms with Crippen molar-refractivity contribution < 1.29 is 9.72 Å². The molecule has 1 atom stereocenters. The highest BCUT2D eigenvalue weighted by molar-refractivity contribution is 5.74. The van der Waals surface area contributed by atoms with Crippen molar-refractivity contribution in [2.24, 2.45) is 11.7 Å². The van der Waals surface area contributed by atoms with Crippen LogP contribution >= 0.6 is 0 Å². The van der Waals surface area contributed by atoms with Crippen LogP contribution in [0, 0.1) is 16.0 Å². The highest BCUT2D eigenvalue weighted by Crippen LogP contribution is 2.26. The number of carbonyl (C=O) groups excluding carboxylic acids is 1. The van der Waals surface area contributed by atoms with Gasteiger partial charge < -0.3 is 10.6 Å². The van der Waals surface area contributed by atoms with Gasteiger partial charge in [-0.15, -0.1) is 0 Å². The van der Waals surface area contributed by atoms with Crippen molar-refractivity contribution in [1.82, 2.24) is 0 Å². The molecular formula is C13H17N3O3. The Kier molecular flexibility index (Phi) is 3.99. The van der Waals surface area contributed by atoms with Gasteiger partial charge in [-0.25, -0.2) is 0 Å². The third-order valence-electron chi connectivity index (χ3n) is 3.43. The Morgan fingerprint density at radius 3 is 2.68 bits per heavy atom. The molecule has 0 saturated carbocycles. The molecule has 1 heterocycles. The number of piperidine rings is 1. The molecule has 1 fully saturated rings. The van der Waals surface area contributed by atoms with Gasteiger partial charge in [-0.3, -0.25) is 14.9 Å². The topological polar surface area (TPSA) is 89.5 Å². The van der Waals surface area contributed by atoms with Crippen LogP contribution < -0.4 is 10.6 Å². The van der Waals surface area contributed by atoms with Crippen LogP contribution in [-0.2, 0) is 4.79 Å². The number of nitro groups is 1. The number of primary amides is 1. The Morgan fingerprint density at radius 1 is 1.42 bits per heavy atom. The summed E-state index contributed by atoms with van der Waals surface area (Å²) in [5, 5.41) is 10.6. The fourth-order valence-electron chi connectivity index (χ4n) is 2.54. The van der Waals surface area contributed by atoms with Crippen molar-refractivity contribution in [1.29, 1.82) is 0 Å². The van der Waals surface area contributed by atoms with E-state index in [1.54, 1.807) is 12.1 Å². The second kappa shape index (κ2) is 5.69. The molecular weight excluding hydrogens is 246 g/mol. The average Bonchev–Trinajstić information content (AvgIpc) is 2.38. The van der Waals surface area contributed by atoms with E-state index in [2.05, 4.69) is 4.90 Å². The predicted octanol–water partition coefficient (Wildman–Crippen LogP) is 1.69. The molecule has 0 spiro atoms. The summed E-state index contributed by atoms with van der Waals surface area (Å²) in [6.45, 7) is 1.69. The van der Waals surface area contributed by atoms with Gasteiger partial charge >= 0.3 is 0 Å². The summed E-state index contributed by atoms with van der Waals surface area (Å²) in [5.41, 5.74) is 6.28. The highest BCUT2D eigenvalue weighted by atomic mass is 16.6. The molecule has 0 bridgehead atoms. The second-order valence-electron chi connectivity index (χ2n) is 4.90. The monoisotopic (exact) mass is 263 g/mol. The number of nitrogens with zero attached hydrogens (tertiary/aromatic N) is 2. The molecule has 0 radical (unpaired) electrons. The summed E-state index contributed by atoms with van der Waals surface area (Å²) in [6.07, 6.45) is 2.42. The summed E-state index contributed by atoms with van der Waals surface area (Å²) in [5.74, 6) is 0.0111. The summed E-state index contributed by atoms with van der Waals surface area (Å²) >= 11 is 0. The smallest absolute Gasteiger partial charge is 0.269 e. The predicted molar refractivity (Wildman–Crippen MR) is 71.8 cm³/mol. The number of carbonyl (C=O) groups is 1. The fraction of sp³-hybridized carbons (Fsp3) is 0.462. The summed E-state index contributed by atoms with van der Waals surface area (Å²) in [4.78, 5) is 23.3. The molecule has 1 aromatic carbocycles. The van der Waals surface area contributed by atoms with Gasteiger partial charge in [-0.05, 0) is 30.9 Å². The fourth-order valence-corrected chi connectivity index (χ4v) is 2.54. The van der Waals surface area contributed by atoms with Gasteiger partial charge in [0.2, 0.25) is 5.91 Å². The van der Waals surface area contributed by atoms with Crippen molar-refractivity contribution in [2.45, 2.75) is 19.3 Å². The first-order valence-electron chi connectivity index (χ1n) is 6.34. The van der Waals surface area contributed by atoms with Crippen LogP contribution in [0.15, 0.2) is 24.3 Å². The molecule has 2 rings (SSSR count). The van der Waals surface area contributed by atoms with Crippen LogP contribution in [0.1, 0.15) is 19.3 Å². The van der Waals surface area contributed by atoms with Gasteiger partial charge in [0.15, 0.2) is 0 Å². The first kappa shape index (κ1) is 13.3. The number of nitro benzene ring substituents is 1. The largest absolute Gasteiger partial charge is 0.371 e. The van der Waals surface area contributed by atoms with E-state index in [-0.39, 0.29) is 17.5 Å². The molecule has 1 aliphatic heterocycles. The van der Waals surface area contributed by atoms with E-state index >= 15 is 0 Å². The van der Waals surface area contributed by atoms with Gasteiger partial charge in [-0.1, -0.05) is 0 Å². The molecule has 0 aliphatic carbocycles. The minimum Gasteiger partial charge on any atom is -0.371 e. The van der Waals surface area contributed by atoms with Gasteiger partial charge in [0.1, 0.15) is 0 Å². The number of nitrogens with two attached hydrogens (primary N) is 1. The molecule has 19 heavy (non-hydrogen) atoms. The second-order valence-corrected chi connectivity index (χ2v) is 4.90. The van der Waals surface area contributed by atoms with Crippen molar-refractivity contribution in [2.75, 3.05) is 18.0 Å². The van der Waals surface area contributed by atoms with Crippen LogP contribution in [0.3, 0.4) is 0 Å². The Bertz CT molecular complexity index is 473. The zero-order chi connectivity index (χ0) is 13.8. The van der Waals surface area contributed by atoms with Gasteiger partial charge in [-0.2, -0.15) is 0 Å². The number of rotatable bonds is 4. The van der Waals surface area contributed by atoms with E-state index in [1.165, 1.54) is 12.1 Å². The number of amides is 1. The SMILES string of the molecule is NC(=O)CC1CCCN(c2ccc([N+](=O)[O-])cc2)C1. The van der Waals surface area contributed by atoms with E-state index in [4.69, 9.17) is 5.73 Å². The van der Waals surface area contributed by atoms with E-state index in [0.717, 1.165) is 31.6 Å². The molecule has 1 aromatic rings. The third-order valence-corrected chi connectivity index (χ3v) is 3.43. The number of hydrogen-bond acceptors (Lipinski definition) is 4. The van der Waals surface area contributed by atoms with Crippen LogP contribution in [0.4, 0.5) is 11.4 Å². The number of anilines is 1. The average molecular weight is 263 g/mol. The Labute approximate surface area is 111 Å². The maximum Gasteiger partial charge on any atom is 0.269 e. The first-order chi connectivity index (χ1) is 9.06. The normalized spacial score (nSPS) is 19.2. The minimum absolute atomic E-state index is 0.0921. The molecule has 6 nitrogen and oxygen atoms in total. The minimum atomic E-state index is -0.407. The summed E-state index contributed by atoms with van der Waals surface area (Å²) < 4.78 is 0. The lowest BCUT2D eigenvalue weighted by atomic mass is 9.94. The maximum absolute atomic E-state index is 11.0. The molecule has 6 heteroatoms. The van der Waals surface area contributed by atoms with Crippen LogP contribution in [0.2, 0.25) is 0 Å². The highest BCUT2D eigenvalue weighted by Gasteiger charge is 2.21. The molecule has 1 unspecified atom stereocenters. The Hall–Kier alpha value is -2.11. The van der Waals surface area contributed by atoms with Crippen molar-refractivity contribution in [3.8, 4) is 0 Å². The Morgan fingerprint density at radius 2 is 2.11 bits per heavy atom. The van der Waals surface area contributed by atoms with Crippen LogP contribution in [-0.4, -0.2) is 23.9 Å². The van der Waals surface area contributed by atoms with E-state index < -0.39 is 4.92 Å². The summed E-state index contributed by atoms with van der Waals surface area (Å²) in [7, 11) is 0. The third kappa shape index (κ3) is 3.43. The number of hydrogen-bond donors (Lipinski definition) is 1. The molecule has 0 aromatic heterocycles. The number of non-ortho nitro benzene ring substituents is 1. The summed E-state index contributed by atoms with van der Waals surface area (Å²) in [6, 6.07) is 6.52. The van der Waals surface area contributed by atoms with E-state index in [9.17, 15) is 14.9 Å². The molecule has 2 N–H and O–H groups in total. The van der Waals surface area contributed by atoms with Crippen molar-refractivity contribution >= 4 is 17.3 Å². The zero-order valence-corrected chi connectivity index (χ0v) is 10.6. The molecule has 1 saturated heterocycles. The lowest BCUT2D eigenvalue weighted by molar-refractivity contribution is -0.384. The van der Waals surface area contributed by atoms with Gasteiger partial charge in [0.05, 0.1) is 4.92 Å². The molecule has 102 valence electrons. The standard InChI is InChI=1S/C13H17N3O3/c14-13(17)8-10-2-1-7-15(9-10)11-3-5-12(6-4-11)16(18)19/h3-6,10H,1-2,7-9H2,(H2,14,17). The molecule has 1 aliphatic rings. The number of benzene rings is 1. The molecule has 1 amide bonds. The van der Waals surface area contributed by atoms with Gasteiger partial charge in [0.25, 0.3) is 5.69 Å². The van der Waals surface area contributed by atoms with Crippen LogP contribution in [0.25, 0.3) is 0 Å². The van der Waals surface area contributed by atoms with Crippen molar-refractivity contribution in [3.63, 3.8) is 0 Å². The quantitative estimate of drug-likeness (QED) is 0.661. The zero-order valence-electron chi connectivity index (χ0n) is 10.6. The lowest BCUT2D eigenvalue weighted by Gasteiger charge is -2.34. The first-order valence-corrected chi connectivity index (χ1v) is 6.34. The van der Waals surface area contributed by atoms with E-state index in [1.807, 2.05) is 0 Å². The van der Waals surface area contributed by atoms with Crippen LogP contribution in [0.5, 0.6) is 0 Å². The van der Waals surface area contributed by atoms with Crippen molar-refractivity contribution in [3.05, 3.63) is 34.4 Å². The van der Waals surface area contributed by atoms with Gasteiger partial charge in [0, 0.05) is 37.3 Å².